The molecule has 0 aliphatic carbocycles. The highest BCUT2D eigenvalue weighted by Gasteiger charge is 2.07. The van der Waals surface area contributed by atoms with E-state index in [0.29, 0.717) is 24.5 Å². The number of nitriles is 1. The van der Waals surface area contributed by atoms with Crippen molar-refractivity contribution in [2.45, 2.75) is 13.2 Å². The lowest BCUT2D eigenvalue weighted by molar-refractivity contribution is 0.180. The topological polar surface area (TPSA) is 68.3 Å². The Labute approximate surface area is 89.2 Å². The second-order valence-electron chi connectivity index (χ2n) is 3.19. The number of benzene rings is 1. The average Bonchev–Trinajstić information content (AvgIpc) is 2.23. The van der Waals surface area contributed by atoms with Crippen LogP contribution in [0.3, 0.4) is 0 Å². The van der Waals surface area contributed by atoms with E-state index in [0.717, 1.165) is 11.1 Å². The van der Waals surface area contributed by atoms with E-state index in [4.69, 9.17) is 20.5 Å². The second kappa shape index (κ2) is 5.35. The maximum Gasteiger partial charge on any atom is 0.0996 e. The molecule has 4 nitrogen and oxygen atoms in total. The summed E-state index contributed by atoms with van der Waals surface area (Å²) in [5, 5.41) is 8.90. The number of methoxy groups -OCH3 is 2. The first-order valence-corrected chi connectivity index (χ1v) is 4.52. The number of nitrogens with two attached hydrogens (primary N) is 1. The molecule has 0 aromatic heterocycles. The van der Waals surface area contributed by atoms with E-state index in [9.17, 15) is 0 Å². The van der Waals surface area contributed by atoms with Gasteiger partial charge in [0.15, 0.2) is 0 Å². The summed E-state index contributed by atoms with van der Waals surface area (Å²) in [6, 6.07) is 5.59. The van der Waals surface area contributed by atoms with Gasteiger partial charge in [-0.1, -0.05) is 0 Å². The van der Waals surface area contributed by atoms with E-state index in [1.165, 1.54) is 0 Å². The van der Waals surface area contributed by atoms with Crippen LogP contribution >= 0.6 is 0 Å². The van der Waals surface area contributed by atoms with Crippen LogP contribution in [0.1, 0.15) is 16.7 Å². The molecule has 0 unspecified atom stereocenters. The van der Waals surface area contributed by atoms with Gasteiger partial charge in [-0.3, -0.25) is 0 Å². The fourth-order valence-electron chi connectivity index (χ4n) is 1.37. The number of nitrogens with zero attached hydrogens (tertiary/aromatic N) is 1. The van der Waals surface area contributed by atoms with Crippen LogP contribution in [-0.2, 0) is 22.7 Å². The number of ether oxygens (including phenoxy) is 2. The molecule has 0 saturated heterocycles. The zero-order chi connectivity index (χ0) is 11.3. The predicted molar refractivity (Wildman–Crippen MR) is 57.0 cm³/mol. The van der Waals surface area contributed by atoms with Gasteiger partial charge in [0, 0.05) is 25.5 Å². The van der Waals surface area contributed by atoms with Crippen molar-refractivity contribution in [2.24, 2.45) is 0 Å². The first kappa shape index (κ1) is 11.5. The molecule has 0 bridgehead atoms. The van der Waals surface area contributed by atoms with Gasteiger partial charge in [0.2, 0.25) is 0 Å². The van der Waals surface area contributed by atoms with Crippen molar-refractivity contribution in [3.63, 3.8) is 0 Å². The van der Waals surface area contributed by atoms with Crippen molar-refractivity contribution < 1.29 is 9.47 Å². The van der Waals surface area contributed by atoms with Gasteiger partial charge in [-0.25, -0.2) is 0 Å². The number of hydrogen-bond acceptors (Lipinski definition) is 4. The molecule has 1 rings (SSSR count). The number of hydrogen-bond donors (Lipinski definition) is 1. The molecule has 1 aromatic carbocycles. The minimum atomic E-state index is 0.403. The SMILES string of the molecule is COCc1cc(COC)c(C#N)cc1N. The van der Waals surface area contributed by atoms with Crippen LogP contribution in [0.2, 0.25) is 0 Å². The smallest absolute Gasteiger partial charge is 0.0996 e. The van der Waals surface area contributed by atoms with Crippen molar-refractivity contribution in [3.05, 3.63) is 28.8 Å². The Morgan fingerprint density at radius 1 is 1.20 bits per heavy atom. The summed E-state index contributed by atoms with van der Waals surface area (Å²) in [5.74, 6) is 0. The second-order valence-corrected chi connectivity index (χ2v) is 3.19. The van der Waals surface area contributed by atoms with Gasteiger partial charge in [-0.2, -0.15) is 5.26 Å². The minimum Gasteiger partial charge on any atom is -0.398 e. The van der Waals surface area contributed by atoms with Gasteiger partial charge in [0.05, 0.1) is 24.8 Å². The lowest BCUT2D eigenvalue weighted by atomic mass is 10.0. The molecule has 0 fully saturated rings. The lowest BCUT2D eigenvalue weighted by Gasteiger charge is -2.09. The molecule has 0 saturated carbocycles. The maximum absolute atomic E-state index is 8.90. The monoisotopic (exact) mass is 206 g/mol. The Balaban J connectivity index is 3.13. The Kier molecular flexibility index (Phi) is 4.10. The van der Waals surface area contributed by atoms with Crippen molar-refractivity contribution in [2.75, 3.05) is 20.0 Å². The van der Waals surface area contributed by atoms with Crippen LogP contribution in [0.5, 0.6) is 0 Å². The molecular formula is C11H14N2O2. The summed E-state index contributed by atoms with van der Waals surface area (Å²) in [6.45, 7) is 0.841. The molecule has 0 heterocycles. The predicted octanol–water partition coefficient (Wildman–Crippen LogP) is 1.43. The minimum absolute atomic E-state index is 0.403. The molecular weight excluding hydrogens is 192 g/mol. The molecule has 0 atom stereocenters. The van der Waals surface area contributed by atoms with Crippen molar-refractivity contribution >= 4 is 5.69 Å². The molecule has 0 amide bonds. The molecule has 1 aromatic rings. The van der Waals surface area contributed by atoms with Crippen molar-refractivity contribution in [1.29, 1.82) is 5.26 Å². The molecule has 0 aliphatic heterocycles. The van der Waals surface area contributed by atoms with Gasteiger partial charge in [0.25, 0.3) is 0 Å². The van der Waals surface area contributed by atoms with Crippen LogP contribution in [0, 0.1) is 11.3 Å². The summed E-state index contributed by atoms with van der Waals surface area (Å²) in [5.41, 5.74) is 8.62. The highest BCUT2D eigenvalue weighted by Crippen LogP contribution is 2.20. The molecule has 2 N–H and O–H groups in total. The van der Waals surface area contributed by atoms with Crippen molar-refractivity contribution in [3.8, 4) is 6.07 Å². The standard InChI is InChI=1S/C11H14N2O2/c1-14-6-9-3-10(7-15-2)11(13)4-8(9)5-12/h3-4H,6-7,13H2,1-2H3. The molecule has 4 heteroatoms. The first-order valence-electron chi connectivity index (χ1n) is 4.52. The zero-order valence-corrected chi connectivity index (χ0v) is 8.91. The largest absolute Gasteiger partial charge is 0.398 e. The Bertz CT molecular complexity index is 383. The first-order chi connectivity index (χ1) is 7.22. The van der Waals surface area contributed by atoms with Crippen LogP contribution in [0.15, 0.2) is 12.1 Å². The van der Waals surface area contributed by atoms with Gasteiger partial charge in [-0.15, -0.1) is 0 Å². The fourth-order valence-corrected chi connectivity index (χ4v) is 1.37. The highest BCUT2D eigenvalue weighted by molar-refractivity contribution is 5.55. The van der Waals surface area contributed by atoms with E-state index < -0.39 is 0 Å². The van der Waals surface area contributed by atoms with Crippen LogP contribution in [0.25, 0.3) is 0 Å². The van der Waals surface area contributed by atoms with Crippen LogP contribution in [-0.4, -0.2) is 14.2 Å². The highest BCUT2D eigenvalue weighted by atomic mass is 16.5. The molecule has 0 radical (unpaired) electrons. The van der Waals surface area contributed by atoms with E-state index in [-0.39, 0.29) is 0 Å². The van der Waals surface area contributed by atoms with E-state index >= 15 is 0 Å². The van der Waals surface area contributed by atoms with Gasteiger partial charge in [0.1, 0.15) is 0 Å². The third-order valence-electron chi connectivity index (χ3n) is 2.09. The summed E-state index contributed by atoms with van der Waals surface area (Å²) < 4.78 is 10.0. The molecule has 15 heavy (non-hydrogen) atoms. The lowest BCUT2D eigenvalue weighted by Crippen LogP contribution is -2.01. The quantitative estimate of drug-likeness (QED) is 0.757. The zero-order valence-electron chi connectivity index (χ0n) is 8.91. The third kappa shape index (κ3) is 2.69. The summed E-state index contributed by atoms with van der Waals surface area (Å²) in [6.07, 6.45) is 0. The van der Waals surface area contributed by atoms with E-state index in [2.05, 4.69) is 6.07 Å². The third-order valence-corrected chi connectivity index (χ3v) is 2.09. The summed E-state index contributed by atoms with van der Waals surface area (Å²) in [4.78, 5) is 0. The van der Waals surface area contributed by atoms with Crippen LogP contribution < -0.4 is 5.73 Å². The Morgan fingerprint density at radius 3 is 2.33 bits per heavy atom. The van der Waals surface area contributed by atoms with E-state index in [1.54, 1.807) is 20.3 Å². The van der Waals surface area contributed by atoms with Crippen LogP contribution in [0.4, 0.5) is 5.69 Å². The number of rotatable bonds is 4. The maximum atomic E-state index is 8.90. The van der Waals surface area contributed by atoms with Gasteiger partial charge in [-0.05, 0) is 17.7 Å². The van der Waals surface area contributed by atoms with Gasteiger partial charge >= 0.3 is 0 Å². The molecule has 0 aliphatic rings. The Hall–Kier alpha value is -1.57. The summed E-state index contributed by atoms with van der Waals surface area (Å²) in [7, 11) is 3.20. The fraction of sp³-hybridized carbons (Fsp3) is 0.364. The Morgan fingerprint density at radius 2 is 1.80 bits per heavy atom. The van der Waals surface area contributed by atoms with Gasteiger partial charge < -0.3 is 15.2 Å². The number of nitrogen functional groups attached to an aromatic ring is 1. The molecule has 0 spiro atoms. The number of anilines is 1. The summed E-state index contributed by atoms with van der Waals surface area (Å²) >= 11 is 0. The van der Waals surface area contributed by atoms with E-state index in [1.807, 2.05) is 6.07 Å². The normalized spacial score (nSPS) is 9.93. The average molecular weight is 206 g/mol. The molecule has 80 valence electrons. The van der Waals surface area contributed by atoms with Crippen molar-refractivity contribution in [1.82, 2.24) is 0 Å².